The second-order valence-electron chi connectivity index (χ2n) is 6.25. The van der Waals surface area contributed by atoms with E-state index in [1.165, 1.54) is 5.56 Å². The Morgan fingerprint density at radius 3 is 2.75 bits per heavy atom. The van der Waals surface area contributed by atoms with Crippen molar-refractivity contribution in [3.8, 4) is 0 Å². The highest BCUT2D eigenvalue weighted by molar-refractivity contribution is 5.79. The highest BCUT2D eigenvalue weighted by Crippen LogP contribution is 2.33. The Morgan fingerprint density at radius 1 is 1.40 bits per heavy atom. The van der Waals surface area contributed by atoms with Crippen molar-refractivity contribution in [2.24, 2.45) is 5.92 Å². The predicted molar refractivity (Wildman–Crippen MR) is 82.7 cm³/mol. The third kappa shape index (κ3) is 3.21. The average Bonchev–Trinajstić information content (AvgIpc) is 2.48. The third-order valence-corrected chi connectivity index (χ3v) is 4.41. The summed E-state index contributed by atoms with van der Waals surface area (Å²) in [7, 11) is 1.90. The number of nitrogens with one attached hydrogen (secondary N) is 1. The molecule has 0 saturated carbocycles. The predicted octanol–water partition coefficient (Wildman–Crippen LogP) is 2.42. The summed E-state index contributed by atoms with van der Waals surface area (Å²) in [5.41, 5.74) is 1.44. The first kappa shape index (κ1) is 15.0. The molecule has 0 radical (unpaired) electrons. The largest absolute Gasteiger partial charge is 0.342 e. The summed E-state index contributed by atoms with van der Waals surface area (Å²) >= 11 is 0. The maximum Gasteiger partial charge on any atom is 0.226 e. The van der Waals surface area contributed by atoms with Crippen molar-refractivity contribution in [2.75, 3.05) is 26.7 Å². The zero-order valence-corrected chi connectivity index (χ0v) is 12.9. The van der Waals surface area contributed by atoms with Crippen molar-refractivity contribution in [1.29, 1.82) is 0 Å². The van der Waals surface area contributed by atoms with Crippen LogP contribution in [0, 0.1) is 5.92 Å². The minimum Gasteiger partial charge on any atom is -0.342 e. The Kier molecular flexibility index (Phi) is 4.81. The van der Waals surface area contributed by atoms with Gasteiger partial charge in [-0.05, 0) is 25.5 Å². The van der Waals surface area contributed by atoms with Crippen molar-refractivity contribution in [3.63, 3.8) is 0 Å². The summed E-state index contributed by atoms with van der Waals surface area (Å²) in [6, 6.07) is 10.6. The zero-order valence-electron chi connectivity index (χ0n) is 12.9. The van der Waals surface area contributed by atoms with Gasteiger partial charge in [-0.2, -0.15) is 0 Å². The molecule has 3 heteroatoms. The number of benzene rings is 1. The maximum atomic E-state index is 12.5. The van der Waals surface area contributed by atoms with E-state index in [0.29, 0.717) is 0 Å². The van der Waals surface area contributed by atoms with Gasteiger partial charge in [-0.1, -0.05) is 44.2 Å². The first-order chi connectivity index (χ1) is 9.57. The quantitative estimate of drug-likeness (QED) is 0.914. The Hall–Kier alpha value is -1.35. The van der Waals surface area contributed by atoms with Crippen LogP contribution in [0.4, 0.5) is 0 Å². The number of hydrogen-bond donors (Lipinski definition) is 1. The van der Waals surface area contributed by atoms with Gasteiger partial charge in [-0.25, -0.2) is 0 Å². The SMILES string of the molecule is CNCC(C)C(=O)N1CCCC(C)(c2ccccc2)C1. The Bertz CT molecular complexity index is 446. The lowest BCUT2D eigenvalue weighted by Gasteiger charge is -2.41. The molecule has 3 nitrogen and oxygen atoms in total. The third-order valence-electron chi connectivity index (χ3n) is 4.41. The minimum atomic E-state index is 0.0538. The van der Waals surface area contributed by atoms with Crippen LogP contribution in [-0.4, -0.2) is 37.5 Å². The standard InChI is InChI=1S/C17H26N2O/c1-14(12-18-3)16(20)19-11-7-10-17(2,13-19)15-8-5-4-6-9-15/h4-6,8-9,14,18H,7,10-13H2,1-3H3. The molecule has 1 aliphatic heterocycles. The fraction of sp³-hybridized carbons (Fsp3) is 0.588. The smallest absolute Gasteiger partial charge is 0.226 e. The number of carbonyl (C=O) groups excluding carboxylic acids is 1. The van der Waals surface area contributed by atoms with Gasteiger partial charge in [-0.15, -0.1) is 0 Å². The molecule has 1 aromatic carbocycles. The molecule has 1 aliphatic rings. The summed E-state index contributed by atoms with van der Waals surface area (Å²) in [5.74, 6) is 0.333. The monoisotopic (exact) mass is 274 g/mol. The van der Waals surface area contributed by atoms with E-state index in [1.807, 2.05) is 20.0 Å². The summed E-state index contributed by atoms with van der Waals surface area (Å²) < 4.78 is 0. The summed E-state index contributed by atoms with van der Waals surface area (Å²) in [4.78, 5) is 14.5. The van der Waals surface area contributed by atoms with Gasteiger partial charge in [0.1, 0.15) is 0 Å². The number of nitrogens with zero attached hydrogens (tertiary/aromatic N) is 1. The zero-order chi connectivity index (χ0) is 14.6. The number of hydrogen-bond acceptors (Lipinski definition) is 2. The van der Waals surface area contributed by atoms with E-state index in [1.54, 1.807) is 0 Å². The van der Waals surface area contributed by atoms with Gasteiger partial charge in [0, 0.05) is 31.0 Å². The van der Waals surface area contributed by atoms with Gasteiger partial charge in [-0.3, -0.25) is 4.79 Å². The van der Waals surface area contributed by atoms with Crippen molar-refractivity contribution in [1.82, 2.24) is 10.2 Å². The highest BCUT2D eigenvalue weighted by Gasteiger charge is 2.35. The normalized spacial score (nSPS) is 24.4. The maximum absolute atomic E-state index is 12.5. The van der Waals surface area contributed by atoms with Crippen LogP contribution in [0.3, 0.4) is 0 Å². The van der Waals surface area contributed by atoms with E-state index < -0.39 is 0 Å². The van der Waals surface area contributed by atoms with E-state index in [4.69, 9.17) is 0 Å². The fourth-order valence-corrected chi connectivity index (χ4v) is 3.21. The first-order valence-electron chi connectivity index (χ1n) is 7.56. The molecule has 1 N–H and O–H groups in total. The second kappa shape index (κ2) is 6.40. The topological polar surface area (TPSA) is 32.3 Å². The summed E-state index contributed by atoms with van der Waals surface area (Å²) in [5, 5.41) is 3.09. The number of rotatable bonds is 4. The van der Waals surface area contributed by atoms with Crippen LogP contribution in [0.25, 0.3) is 0 Å². The van der Waals surface area contributed by atoms with Crippen molar-refractivity contribution in [2.45, 2.75) is 32.1 Å². The van der Waals surface area contributed by atoms with Crippen LogP contribution >= 0.6 is 0 Å². The summed E-state index contributed by atoms with van der Waals surface area (Å²) in [6.07, 6.45) is 2.24. The molecule has 20 heavy (non-hydrogen) atoms. The van der Waals surface area contributed by atoms with Crippen LogP contribution in [-0.2, 0) is 10.2 Å². The lowest BCUT2D eigenvalue weighted by atomic mass is 9.75. The van der Waals surface area contributed by atoms with Gasteiger partial charge in [0.05, 0.1) is 0 Å². The molecule has 1 saturated heterocycles. The molecule has 0 aromatic heterocycles. The number of piperidine rings is 1. The fourth-order valence-electron chi connectivity index (χ4n) is 3.21. The molecule has 1 aromatic rings. The summed E-state index contributed by atoms with van der Waals surface area (Å²) in [6.45, 7) is 6.77. The van der Waals surface area contributed by atoms with Gasteiger partial charge in [0.2, 0.25) is 5.91 Å². The van der Waals surface area contributed by atoms with Crippen LogP contribution in [0.5, 0.6) is 0 Å². The van der Waals surface area contributed by atoms with E-state index in [2.05, 4.69) is 41.4 Å². The molecule has 0 bridgehead atoms. The van der Waals surface area contributed by atoms with Crippen molar-refractivity contribution in [3.05, 3.63) is 35.9 Å². The molecule has 0 spiro atoms. The Morgan fingerprint density at radius 2 is 2.10 bits per heavy atom. The molecule has 2 rings (SSSR count). The highest BCUT2D eigenvalue weighted by atomic mass is 16.2. The van der Waals surface area contributed by atoms with Gasteiger partial charge in [0.15, 0.2) is 0 Å². The van der Waals surface area contributed by atoms with Crippen LogP contribution in [0.2, 0.25) is 0 Å². The van der Waals surface area contributed by atoms with Gasteiger partial charge in [0.25, 0.3) is 0 Å². The van der Waals surface area contributed by atoms with Crippen LogP contribution in [0.15, 0.2) is 30.3 Å². The van der Waals surface area contributed by atoms with Crippen LogP contribution < -0.4 is 5.32 Å². The molecular weight excluding hydrogens is 248 g/mol. The molecular formula is C17H26N2O. The van der Waals surface area contributed by atoms with Gasteiger partial charge < -0.3 is 10.2 Å². The molecule has 2 unspecified atom stereocenters. The van der Waals surface area contributed by atoms with Crippen molar-refractivity contribution < 1.29 is 4.79 Å². The molecule has 1 fully saturated rings. The van der Waals surface area contributed by atoms with E-state index in [-0.39, 0.29) is 17.2 Å². The molecule has 110 valence electrons. The van der Waals surface area contributed by atoms with Crippen LogP contribution in [0.1, 0.15) is 32.3 Å². The average molecular weight is 274 g/mol. The number of amides is 1. The molecule has 1 heterocycles. The lowest BCUT2D eigenvalue weighted by molar-refractivity contribution is -0.137. The number of likely N-dealkylation sites (tertiary alicyclic amines) is 1. The first-order valence-corrected chi connectivity index (χ1v) is 7.56. The molecule has 2 atom stereocenters. The molecule has 1 amide bonds. The lowest BCUT2D eigenvalue weighted by Crippen LogP contribution is -2.49. The number of carbonyl (C=O) groups is 1. The van der Waals surface area contributed by atoms with E-state index in [0.717, 1.165) is 32.5 Å². The minimum absolute atomic E-state index is 0.0538. The molecule has 0 aliphatic carbocycles. The van der Waals surface area contributed by atoms with E-state index >= 15 is 0 Å². The second-order valence-corrected chi connectivity index (χ2v) is 6.25. The van der Waals surface area contributed by atoms with Crippen molar-refractivity contribution >= 4 is 5.91 Å². The van der Waals surface area contributed by atoms with E-state index in [9.17, 15) is 4.79 Å². The Balaban J connectivity index is 2.10. The Labute approximate surface area is 122 Å². The van der Waals surface area contributed by atoms with Gasteiger partial charge >= 0.3 is 0 Å².